The summed E-state index contributed by atoms with van der Waals surface area (Å²) in [5.41, 5.74) is 5.83. The van der Waals surface area contributed by atoms with Crippen molar-refractivity contribution in [1.82, 2.24) is 9.97 Å². The third-order valence-electron chi connectivity index (χ3n) is 2.67. The maximum absolute atomic E-state index is 11.9. The first-order chi connectivity index (χ1) is 8.15. The van der Waals surface area contributed by atoms with E-state index in [1.54, 1.807) is 18.2 Å². The van der Waals surface area contributed by atoms with Gasteiger partial charge in [-0.05, 0) is 29.0 Å². The number of benzene rings is 2. The van der Waals surface area contributed by atoms with E-state index in [9.17, 15) is 4.79 Å². The van der Waals surface area contributed by atoms with E-state index in [2.05, 4.69) is 9.97 Å². The number of hydrogen-bond donors (Lipinski definition) is 2. The van der Waals surface area contributed by atoms with E-state index in [1.165, 1.54) is 0 Å². The Hall–Kier alpha value is -2.07. The van der Waals surface area contributed by atoms with Crippen molar-refractivity contribution in [2.75, 3.05) is 5.73 Å². The van der Waals surface area contributed by atoms with Crippen LogP contribution in [-0.4, -0.2) is 9.97 Å². The molecule has 3 aromatic rings. The van der Waals surface area contributed by atoms with Crippen LogP contribution in [0.3, 0.4) is 0 Å². The summed E-state index contributed by atoms with van der Waals surface area (Å²) in [5, 5.41) is 2.82. The van der Waals surface area contributed by atoms with Gasteiger partial charge in [0.05, 0.1) is 10.9 Å². The summed E-state index contributed by atoms with van der Waals surface area (Å²) in [4.78, 5) is 18.5. The molecule has 1 heterocycles. The Morgan fingerprint density at radius 1 is 1.24 bits per heavy atom. The van der Waals surface area contributed by atoms with Gasteiger partial charge >= 0.3 is 0 Å². The first-order valence-corrected chi connectivity index (χ1v) is 5.41. The molecule has 0 atom stereocenters. The highest BCUT2D eigenvalue weighted by molar-refractivity contribution is 6.31. The molecule has 0 saturated heterocycles. The first-order valence-electron chi connectivity index (χ1n) is 5.03. The number of fused-ring (bicyclic) bond motifs is 3. The first kappa shape index (κ1) is 10.1. The highest BCUT2D eigenvalue weighted by atomic mass is 35.5. The van der Waals surface area contributed by atoms with E-state index < -0.39 is 0 Å². The van der Waals surface area contributed by atoms with E-state index in [0.29, 0.717) is 15.9 Å². The Labute approximate surface area is 101 Å². The van der Waals surface area contributed by atoms with Gasteiger partial charge in [-0.2, -0.15) is 0 Å². The predicted octanol–water partition coefficient (Wildman–Crippen LogP) is 2.31. The average Bonchev–Trinajstić information content (AvgIpc) is 2.27. The van der Waals surface area contributed by atoms with Crippen LogP contribution >= 0.6 is 11.6 Å². The van der Waals surface area contributed by atoms with Gasteiger partial charge in [-0.15, -0.1) is 0 Å². The van der Waals surface area contributed by atoms with Crippen molar-refractivity contribution in [3.05, 3.63) is 45.7 Å². The number of nitrogen functional groups attached to an aromatic ring is 1. The second kappa shape index (κ2) is 3.46. The molecule has 4 nitrogen and oxygen atoms in total. The standard InChI is InChI=1S/C12H8ClN3O/c13-7-3-1-6-2-4-9-10(8(6)5-7)11(17)16-12(14)15-9/h1-5H,(H3,14,15,16,17). The Balaban J connectivity index is 2.63. The average molecular weight is 246 g/mol. The van der Waals surface area contributed by atoms with E-state index >= 15 is 0 Å². The van der Waals surface area contributed by atoms with Crippen LogP contribution in [0, 0.1) is 0 Å². The molecule has 5 heteroatoms. The van der Waals surface area contributed by atoms with Gasteiger partial charge in [0.2, 0.25) is 5.95 Å². The topological polar surface area (TPSA) is 71.8 Å². The molecule has 3 rings (SSSR count). The van der Waals surface area contributed by atoms with Gasteiger partial charge in [-0.25, -0.2) is 4.98 Å². The molecule has 0 aliphatic carbocycles. The van der Waals surface area contributed by atoms with E-state index in [-0.39, 0.29) is 11.5 Å². The lowest BCUT2D eigenvalue weighted by Gasteiger charge is -2.03. The molecule has 0 bridgehead atoms. The monoisotopic (exact) mass is 245 g/mol. The molecule has 1 aromatic heterocycles. The highest BCUT2D eigenvalue weighted by Crippen LogP contribution is 2.24. The summed E-state index contributed by atoms with van der Waals surface area (Å²) in [5.74, 6) is 0.115. The Morgan fingerprint density at radius 3 is 2.82 bits per heavy atom. The van der Waals surface area contributed by atoms with Crippen LogP contribution in [-0.2, 0) is 0 Å². The van der Waals surface area contributed by atoms with E-state index in [0.717, 1.165) is 10.8 Å². The molecule has 0 unspecified atom stereocenters. The minimum atomic E-state index is -0.250. The molecule has 0 radical (unpaired) electrons. The molecule has 2 aromatic carbocycles. The SMILES string of the molecule is Nc1nc2ccc3ccc(Cl)cc3c2c(=O)[nH]1. The summed E-state index contributed by atoms with van der Waals surface area (Å²) in [6.45, 7) is 0. The fraction of sp³-hybridized carbons (Fsp3) is 0. The van der Waals surface area contributed by atoms with Crippen molar-refractivity contribution >= 4 is 39.2 Å². The maximum atomic E-state index is 11.9. The third-order valence-corrected chi connectivity index (χ3v) is 2.91. The lowest BCUT2D eigenvalue weighted by atomic mass is 10.1. The molecular weight excluding hydrogens is 238 g/mol. The zero-order valence-electron chi connectivity index (χ0n) is 8.70. The number of nitrogens with zero attached hydrogens (tertiary/aromatic N) is 1. The Morgan fingerprint density at radius 2 is 2.00 bits per heavy atom. The lowest BCUT2D eigenvalue weighted by Crippen LogP contribution is -2.11. The van der Waals surface area contributed by atoms with Gasteiger partial charge in [0.1, 0.15) is 0 Å². The molecule has 0 aliphatic heterocycles. The predicted molar refractivity (Wildman–Crippen MR) is 69.3 cm³/mol. The van der Waals surface area contributed by atoms with Crippen molar-refractivity contribution in [1.29, 1.82) is 0 Å². The summed E-state index contributed by atoms with van der Waals surface area (Å²) in [6, 6.07) is 9.07. The molecule has 84 valence electrons. The zero-order chi connectivity index (χ0) is 12.0. The molecule has 0 spiro atoms. The highest BCUT2D eigenvalue weighted by Gasteiger charge is 2.07. The fourth-order valence-electron chi connectivity index (χ4n) is 1.95. The minimum absolute atomic E-state index is 0.115. The van der Waals surface area contributed by atoms with Gasteiger partial charge in [0, 0.05) is 5.02 Å². The van der Waals surface area contributed by atoms with Crippen LogP contribution < -0.4 is 11.3 Å². The number of nitrogens with one attached hydrogen (secondary N) is 1. The van der Waals surface area contributed by atoms with Crippen molar-refractivity contribution in [2.45, 2.75) is 0 Å². The maximum Gasteiger partial charge on any atom is 0.260 e. The van der Waals surface area contributed by atoms with Crippen LogP contribution in [0.1, 0.15) is 0 Å². The summed E-state index contributed by atoms with van der Waals surface area (Å²) in [6.07, 6.45) is 0. The number of aromatic nitrogens is 2. The van der Waals surface area contributed by atoms with Gasteiger partial charge in [0.15, 0.2) is 0 Å². The summed E-state index contributed by atoms with van der Waals surface area (Å²) in [7, 11) is 0. The summed E-state index contributed by atoms with van der Waals surface area (Å²) < 4.78 is 0. The number of H-pyrrole nitrogens is 1. The number of halogens is 1. The number of anilines is 1. The smallest absolute Gasteiger partial charge is 0.260 e. The Bertz CT molecular complexity index is 795. The van der Waals surface area contributed by atoms with Gasteiger partial charge in [-0.1, -0.05) is 23.7 Å². The number of nitrogens with two attached hydrogens (primary N) is 1. The van der Waals surface area contributed by atoms with Crippen molar-refractivity contribution in [2.24, 2.45) is 0 Å². The van der Waals surface area contributed by atoms with Crippen LogP contribution in [0.4, 0.5) is 5.95 Å². The molecule has 0 fully saturated rings. The quantitative estimate of drug-likeness (QED) is 0.597. The van der Waals surface area contributed by atoms with Crippen LogP contribution in [0.2, 0.25) is 5.02 Å². The van der Waals surface area contributed by atoms with Crippen molar-refractivity contribution < 1.29 is 0 Å². The molecule has 0 amide bonds. The van der Waals surface area contributed by atoms with Crippen LogP contribution in [0.25, 0.3) is 21.7 Å². The second-order valence-corrected chi connectivity index (χ2v) is 4.21. The fourth-order valence-corrected chi connectivity index (χ4v) is 2.12. The van der Waals surface area contributed by atoms with Crippen molar-refractivity contribution in [3.63, 3.8) is 0 Å². The van der Waals surface area contributed by atoms with Crippen molar-refractivity contribution in [3.8, 4) is 0 Å². The molecule has 17 heavy (non-hydrogen) atoms. The summed E-state index contributed by atoms with van der Waals surface area (Å²) >= 11 is 5.95. The van der Waals surface area contributed by atoms with Gasteiger partial charge in [0.25, 0.3) is 5.56 Å². The second-order valence-electron chi connectivity index (χ2n) is 3.78. The number of aromatic amines is 1. The zero-order valence-corrected chi connectivity index (χ0v) is 9.45. The molecule has 3 N–H and O–H groups in total. The molecular formula is C12H8ClN3O. The third kappa shape index (κ3) is 1.54. The van der Waals surface area contributed by atoms with Crippen LogP contribution in [0.15, 0.2) is 35.1 Å². The van der Waals surface area contributed by atoms with E-state index in [4.69, 9.17) is 17.3 Å². The Kier molecular flexibility index (Phi) is 2.06. The van der Waals surface area contributed by atoms with Crippen LogP contribution in [0.5, 0.6) is 0 Å². The number of rotatable bonds is 0. The largest absolute Gasteiger partial charge is 0.369 e. The lowest BCUT2D eigenvalue weighted by molar-refractivity contribution is 1.19. The normalized spacial score (nSPS) is 11.1. The molecule has 0 aliphatic rings. The van der Waals surface area contributed by atoms with E-state index in [1.807, 2.05) is 12.1 Å². The molecule has 0 saturated carbocycles. The number of hydrogen-bond acceptors (Lipinski definition) is 3. The van der Waals surface area contributed by atoms with Gasteiger partial charge < -0.3 is 5.73 Å². The van der Waals surface area contributed by atoms with Gasteiger partial charge in [-0.3, -0.25) is 9.78 Å². The minimum Gasteiger partial charge on any atom is -0.369 e.